The van der Waals surface area contributed by atoms with Crippen molar-refractivity contribution in [3.63, 3.8) is 0 Å². The van der Waals surface area contributed by atoms with Crippen LogP contribution in [0.15, 0.2) is 170 Å². The lowest BCUT2D eigenvalue weighted by molar-refractivity contribution is 1.07. The minimum atomic E-state index is 0.518. The number of para-hydroxylation sites is 3. The maximum absolute atomic E-state index is 9.57. The van der Waals surface area contributed by atoms with Crippen molar-refractivity contribution in [2.24, 2.45) is 0 Å². The summed E-state index contributed by atoms with van der Waals surface area (Å²) in [4.78, 5) is 14.7. The van der Waals surface area contributed by atoms with E-state index in [1.165, 1.54) is 32.6 Å². The van der Waals surface area contributed by atoms with E-state index in [9.17, 15) is 5.26 Å². The fourth-order valence-corrected chi connectivity index (χ4v) is 7.47. The van der Waals surface area contributed by atoms with E-state index in [2.05, 4.69) is 130 Å². The highest BCUT2D eigenvalue weighted by Crippen LogP contribution is 2.42. The van der Waals surface area contributed by atoms with E-state index in [4.69, 9.17) is 15.0 Å². The molecule has 0 bridgehead atoms. The lowest BCUT2D eigenvalue weighted by Crippen LogP contribution is -2.01. The lowest BCUT2D eigenvalue weighted by atomic mass is 10.1. The highest BCUT2D eigenvalue weighted by Gasteiger charge is 2.21. The van der Waals surface area contributed by atoms with Gasteiger partial charge in [0.1, 0.15) is 0 Å². The molecule has 52 heavy (non-hydrogen) atoms. The quantitative estimate of drug-likeness (QED) is 0.184. The van der Waals surface area contributed by atoms with Crippen LogP contribution in [0.25, 0.3) is 89.2 Å². The number of fused-ring (bicyclic) bond motifs is 7. The largest absolute Gasteiger partial charge is 0.309 e. The van der Waals surface area contributed by atoms with Crippen LogP contribution in [0.4, 0.5) is 0 Å². The van der Waals surface area contributed by atoms with Gasteiger partial charge in [0.05, 0.1) is 33.7 Å². The first-order chi connectivity index (χ1) is 25.7. The summed E-state index contributed by atoms with van der Waals surface area (Å²) in [6.07, 6.45) is 0. The predicted molar refractivity (Wildman–Crippen MR) is 210 cm³/mol. The molecule has 3 aromatic heterocycles. The first-order valence-corrected chi connectivity index (χ1v) is 17.2. The Hall–Kier alpha value is -7.36. The second kappa shape index (κ2) is 11.9. The molecular formula is C46H28N6. The van der Waals surface area contributed by atoms with E-state index in [1.807, 2.05) is 48.5 Å². The summed E-state index contributed by atoms with van der Waals surface area (Å²) in [5.41, 5.74) is 9.89. The van der Waals surface area contributed by atoms with Gasteiger partial charge in [0.2, 0.25) is 0 Å². The molecule has 242 valence electrons. The molecule has 6 nitrogen and oxygen atoms in total. The molecule has 0 aliphatic heterocycles. The summed E-state index contributed by atoms with van der Waals surface area (Å²) in [7, 11) is 0. The molecule has 0 atom stereocenters. The summed E-state index contributed by atoms with van der Waals surface area (Å²) >= 11 is 0. The van der Waals surface area contributed by atoms with Crippen molar-refractivity contribution in [3.8, 4) is 51.6 Å². The van der Waals surface area contributed by atoms with Gasteiger partial charge in [-0.05, 0) is 66.7 Å². The minimum absolute atomic E-state index is 0.518. The molecule has 6 heteroatoms. The Balaban J connectivity index is 1.19. The van der Waals surface area contributed by atoms with E-state index < -0.39 is 0 Å². The SMILES string of the molecule is N#Cc1cccc(-c2nc(-c3ccccc3)nc(-c3ccc(-n4c5ccccc5c5ccc6c(c7ccccc7n6-c6ccccc6)c54)cc3)n2)c1. The molecule has 0 spiro atoms. The highest BCUT2D eigenvalue weighted by atomic mass is 15.0. The lowest BCUT2D eigenvalue weighted by Gasteiger charge is -2.12. The molecule has 10 aromatic rings. The molecule has 0 fully saturated rings. The van der Waals surface area contributed by atoms with Crippen LogP contribution < -0.4 is 0 Å². The topological polar surface area (TPSA) is 72.3 Å². The Bertz CT molecular complexity index is 3010. The third-order valence-electron chi connectivity index (χ3n) is 9.79. The fourth-order valence-electron chi connectivity index (χ4n) is 7.47. The molecule has 0 amide bonds. The Morgan fingerprint density at radius 1 is 0.404 bits per heavy atom. The zero-order valence-corrected chi connectivity index (χ0v) is 27.8. The van der Waals surface area contributed by atoms with Crippen molar-refractivity contribution in [1.82, 2.24) is 24.1 Å². The van der Waals surface area contributed by atoms with Gasteiger partial charge in [-0.2, -0.15) is 5.26 Å². The summed E-state index contributed by atoms with van der Waals surface area (Å²) in [5.74, 6) is 1.66. The van der Waals surface area contributed by atoms with Crippen LogP contribution in [0.1, 0.15) is 5.56 Å². The number of hydrogen-bond donors (Lipinski definition) is 0. The highest BCUT2D eigenvalue weighted by molar-refractivity contribution is 6.26. The Morgan fingerprint density at radius 2 is 0.962 bits per heavy atom. The number of nitrogens with zero attached hydrogens (tertiary/aromatic N) is 6. The maximum Gasteiger partial charge on any atom is 0.164 e. The van der Waals surface area contributed by atoms with Crippen molar-refractivity contribution in [3.05, 3.63) is 175 Å². The molecule has 10 rings (SSSR count). The fraction of sp³-hybridized carbons (Fsp3) is 0. The minimum Gasteiger partial charge on any atom is -0.309 e. The van der Waals surface area contributed by atoms with Crippen LogP contribution in [0.3, 0.4) is 0 Å². The second-order valence-corrected chi connectivity index (χ2v) is 12.8. The average molecular weight is 665 g/mol. The zero-order valence-electron chi connectivity index (χ0n) is 27.8. The van der Waals surface area contributed by atoms with Crippen molar-refractivity contribution in [2.75, 3.05) is 0 Å². The average Bonchev–Trinajstić information content (AvgIpc) is 3.74. The van der Waals surface area contributed by atoms with Gasteiger partial charge in [-0.3, -0.25) is 0 Å². The van der Waals surface area contributed by atoms with E-state index >= 15 is 0 Å². The molecule has 0 unspecified atom stereocenters. The Kier molecular flexibility index (Phi) is 6.76. The third-order valence-corrected chi connectivity index (χ3v) is 9.79. The van der Waals surface area contributed by atoms with E-state index in [0.717, 1.165) is 39.1 Å². The van der Waals surface area contributed by atoms with E-state index in [1.54, 1.807) is 6.07 Å². The van der Waals surface area contributed by atoms with Crippen LogP contribution in [0, 0.1) is 11.3 Å². The standard InChI is InChI=1S/C46H28N6/c47-29-30-12-11-15-33(28-30)46-49-44(31-13-3-1-4-14-31)48-45(50-46)32-22-24-35(25-23-32)52-39-20-9-7-18-36(39)37-26-27-41-42(43(37)52)38-19-8-10-21-40(38)51(41)34-16-5-2-6-17-34/h1-28H. The van der Waals surface area contributed by atoms with Gasteiger partial charge < -0.3 is 9.13 Å². The van der Waals surface area contributed by atoms with Gasteiger partial charge in [0, 0.05) is 49.6 Å². The van der Waals surface area contributed by atoms with Crippen LogP contribution >= 0.6 is 0 Å². The van der Waals surface area contributed by atoms with Gasteiger partial charge in [-0.1, -0.05) is 103 Å². The number of aromatic nitrogens is 5. The van der Waals surface area contributed by atoms with Gasteiger partial charge >= 0.3 is 0 Å². The van der Waals surface area contributed by atoms with Gasteiger partial charge in [0.15, 0.2) is 17.5 Å². The third kappa shape index (κ3) is 4.68. The summed E-state index contributed by atoms with van der Waals surface area (Å²) in [6.45, 7) is 0. The predicted octanol–water partition coefficient (Wildman–Crippen LogP) is 10.9. The second-order valence-electron chi connectivity index (χ2n) is 12.8. The molecule has 0 aliphatic rings. The van der Waals surface area contributed by atoms with E-state index in [-0.39, 0.29) is 0 Å². The molecule has 0 saturated carbocycles. The maximum atomic E-state index is 9.57. The molecular weight excluding hydrogens is 637 g/mol. The summed E-state index contributed by atoms with van der Waals surface area (Å²) in [5, 5.41) is 14.4. The number of rotatable bonds is 5. The first-order valence-electron chi connectivity index (χ1n) is 17.2. The van der Waals surface area contributed by atoms with Crippen molar-refractivity contribution < 1.29 is 0 Å². The number of benzene rings is 7. The van der Waals surface area contributed by atoms with Gasteiger partial charge in [-0.25, -0.2) is 15.0 Å². The summed E-state index contributed by atoms with van der Waals surface area (Å²) in [6, 6.07) is 60.4. The normalized spacial score (nSPS) is 11.4. The summed E-state index contributed by atoms with van der Waals surface area (Å²) < 4.78 is 4.75. The zero-order chi connectivity index (χ0) is 34.6. The molecule has 0 aliphatic carbocycles. The number of nitriles is 1. The first kappa shape index (κ1) is 29.5. The van der Waals surface area contributed by atoms with Gasteiger partial charge in [-0.15, -0.1) is 0 Å². The molecule has 0 saturated heterocycles. The van der Waals surface area contributed by atoms with Crippen molar-refractivity contribution in [1.29, 1.82) is 5.26 Å². The molecule has 0 radical (unpaired) electrons. The van der Waals surface area contributed by atoms with Crippen LogP contribution in [-0.4, -0.2) is 24.1 Å². The van der Waals surface area contributed by atoms with Gasteiger partial charge in [0.25, 0.3) is 0 Å². The Morgan fingerprint density at radius 3 is 1.67 bits per heavy atom. The smallest absolute Gasteiger partial charge is 0.164 e. The van der Waals surface area contributed by atoms with Crippen LogP contribution in [0.2, 0.25) is 0 Å². The van der Waals surface area contributed by atoms with Crippen LogP contribution in [0.5, 0.6) is 0 Å². The van der Waals surface area contributed by atoms with Crippen LogP contribution in [-0.2, 0) is 0 Å². The van der Waals surface area contributed by atoms with Crippen molar-refractivity contribution >= 4 is 43.6 Å². The Labute approximate surface area is 299 Å². The van der Waals surface area contributed by atoms with E-state index in [0.29, 0.717) is 23.0 Å². The monoisotopic (exact) mass is 664 g/mol. The molecule has 7 aromatic carbocycles. The molecule has 0 N–H and O–H groups in total. The number of hydrogen-bond acceptors (Lipinski definition) is 4. The van der Waals surface area contributed by atoms with Crippen molar-refractivity contribution in [2.45, 2.75) is 0 Å². The molecule has 3 heterocycles.